The minimum absolute atomic E-state index is 0.146. The van der Waals surface area contributed by atoms with E-state index in [1.54, 1.807) is 6.92 Å². The van der Waals surface area contributed by atoms with E-state index in [4.69, 9.17) is 5.11 Å². The lowest BCUT2D eigenvalue weighted by Crippen LogP contribution is -2.46. The number of sulfonamides is 1. The zero-order valence-corrected chi connectivity index (χ0v) is 10.2. The van der Waals surface area contributed by atoms with Gasteiger partial charge in [0.05, 0.1) is 10.7 Å². The first kappa shape index (κ1) is 11.9. The molecule has 6 heteroatoms. The van der Waals surface area contributed by atoms with Crippen molar-refractivity contribution in [2.24, 2.45) is 5.92 Å². The van der Waals surface area contributed by atoms with Crippen LogP contribution in [-0.2, 0) is 14.8 Å². The van der Waals surface area contributed by atoms with Crippen molar-refractivity contribution in [3.63, 3.8) is 0 Å². The van der Waals surface area contributed by atoms with Crippen LogP contribution in [0.15, 0.2) is 0 Å². The van der Waals surface area contributed by atoms with Crippen molar-refractivity contribution in [2.45, 2.75) is 37.4 Å². The molecule has 1 aliphatic carbocycles. The van der Waals surface area contributed by atoms with E-state index in [2.05, 4.69) is 0 Å². The molecule has 0 amide bonds. The Morgan fingerprint density at radius 1 is 1.44 bits per heavy atom. The molecule has 0 aromatic carbocycles. The highest BCUT2D eigenvalue weighted by Gasteiger charge is 2.53. The molecule has 1 heterocycles. The van der Waals surface area contributed by atoms with Crippen LogP contribution in [0, 0.1) is 5.92 Å². The largest absolute Gasteiger partial charge is 0.481 e. The van der Waals surface area contributed by atoms with Crippen LogP contribution in [0.3, 0.4) is 0 Å². The third-order valence-electron chi connectivity index (χ3n) is 3.65. The molecule has 1 unspecified atom stereocenters. The van der Waals surface area contributed by atoms with Gasteiger partial charge in [0.2, 0.25) is 10.0 Å². The molecule has 1 N–H and O–H groups in total. The van der Waals surface area contributed by atoms with Crippen molar-refractivity contribution in [3.8, 4) is 0 Å². The van der Waals surface area contributed by atoms with E-state index >= 15 is 0 Å². The number of carboxylic acids is 1. The van der Waals surface area contributed by atoms with Gasteiger partial charge < -0.3 is 5.11 Å². The van der Waals surface area contributed by atoms with Crippen molar-refractivity contribution >= 4 is 16.0 Å². The van der Waals surface area contributed by atoms with Crippen molar-refractivity contribution in [3.05, 3.63) is 0 Å². The number of hydrogen-bond donors (Lipinski definition) is 1. The normalized spacial score (nSPS) is 29.9. The highest BCUT2D eigenvalue weighted by Crippen LogP contribution is 2.45. The topological polar surface area (TPSA) is 74.7 Å². The van der Waals surface area contributed by atoms with Gasteiger partial charge in [-0.2, -0.15) is 0 Å². The number of rotatable bonds is 3. The smallest absolute Gasteiger partial charge is 0.307 e. The zero-order valence-electron chi connectivity index (χ0n) is 9.35. The third kappa shape index (κ3) is 1.84. The summed E-state index contributed by atoms with van der Waals surface area (Å²) in [5.74, 6) is -1.42. The van der Waals surface area contributed by atoms with Crippen molar-refractivity contribution in [2.75, 3.05) is 13.1 Å². The number of carbonyl (C=O) groups is 1. The monoisotopic (exact) mass is 247 g/mol. The van der Waals surface area contributed by atoms with E-state index in [1.165, 1.54) is 4.31 Å². The molecule has 92 valence electrons. The van der Waals surface area contributed by atoms with E-state index in [0.29, 0.717) is 32.2 Å². The van der Waals surface area contributed by atoms with Crippen LogP contribution in [0.1, 0.15) is 32.6 Å². The Morgan fingerprint density at radius 3 is 2.56 bits per heavy atom. The Hall–Kier alpha value is -0.620. The molecule has 2 fully saturated rings. The van der Waals surface area contributed by atoms with Gasteiger partial charge in [-0.3, -0.25) is 4.79 Å². The molecule has 16 heavy (non-hydrogen) atoms. The Kier molecular flexibility index (Phi) is 2.74. The summed E-state index contributed by atoms with van der Waals surface area (Å²) in [6, 6.07) is 0. The minimum Gasteiger partial charge on any atom is -0.481 e. The van der Waals surface area contributed by atoms with Crippen LogP contribution in [-0.4, -0.2) is 41.6 Å². The first-order chi connectivity index (χ1) is 7.37. The quantitative estimate of drug-likeness (QED) is 0.795. The van der Waals surface area contributed by atoms with Crippen LogP contribution in [0.4, 0.5) is 0 Å². The van der Waals surface area contributed by atoms with E-state index in [1.807, 2.05) is 0 Å². The molecule has 1 saturated carbocycles. The van der Waals surface area contributed by atoms with Gasteiger partial charge in [-0.25, -0.2) is 12.7 Å². The summed E-state index contributed by atoms with van der Waals surface area (Å²) < 4.78 is 25.1. The average Bonchev–Trinajstić information content (AvgIpc) is 2.98. The fourth-order valence-corrected chi connectivity index (χ4v) is 4.09. The highest BCUT2D eigenvalue weighted by atomic mass is 32.2. The van der Waals surface area contributed by atoms with Crippen LogP contribution in [0.25, 0.3) is 0 Å². The highest BCUT2D eigenvalue weighted by molar-refractivity contribution is 7.90. The fraction of sp³-hybridized carbons (Fsp3) is 0.900. The molecule has 2 rings (SSSR count). The summed E-state index contributed by atoms with van der Waals surface area (Å²) in [6.07, 6.45) is 2.62. The van der Waals surface area contributed by atoms with Gasteiger partial charge in [0.25, 0.3) is 0 Å². The molecular weight excluding hydrogens is 230 g/mol. The number of piperidine rings is 1. The van der Waals surface area contributed by atoms with Crippen LogP contribution >= 0.6 is 0 Å². The molecule has 0 aromatic rings. The number of hydrogen-bond acceptors (Lipinski definition) is 3. The predicted octanol–water partition coefficient (Wildman–Crippen LogP) is 0.665. The molecule has 0 spiro atoms. The van der Waals surface area contributed by atoms with Gasteiger partial charge in [0, 0.05) is 13.1 Å². The van der Waals surface area contributed by atoms with E-state index < -0.39 is 26.7 Å². The van der Waals surface area contributed by atoms with E-state index in [0.717, 1.165) is 0 Å². The summed E-state index contributed by atoms with van der Waals surface area (Å²) in [5.41, 5.74) is 0. The summed E-state index contributed by atoms with van der Waals surface area (Å²) in [7, 11) is -3.28. The predicted molar refractivity (Wildman–Crippen MR) is 58.5 cm³/mol. The SMILES string of the molecule is CC1(S(=O)(=O)N2CCCC(C(=O)O)C2)CC1. The van der Waals surface area contributed by atoms with Gasteiger partial charge in [-0.05, 0) is 32.6 Å². The standard InChI is InChI=1S/C10H17NO4S/c1-10(4-5-10)16(14,15)11-6-2-3-8(7-11)9(12)13/h8H,2-7H2,1H3,(H,12,13). The number of carboxylic acid groups (broad SMARTS) is 1. The maximum atomic E-state index is 12.2. The second-order valence-corrected chi connectivity index (χ2v) is 7.44. The van der Waals surface area contributed by atoms with Gasteiger partial charge in [-0.15, -0.1) is 0 Å². The molecule has 1 atom stereocenters. The second kappa shape index (κ2) is 3.70. The molecule has 2 aliphatic rings. The molecule has 1 saturated heterocycles. The number of nitrogens with zero attached hydrogens (tertiary/aromatic N) is 1. The van der Waals surface area contributed by atoms with Gasteiger partial charge in [0.1, 0.15) is 0 Å². The van der Waals surface area contributed by atoms with Crippen molar-refractivity contribution < 1.29 is 18.3 Å². The Bertz CT molecular complexity index is 399. The molecule has 0 aromatic heterocycles. The summed E-state index contributed by atoms with van der Waals surface area (Å²) in [5, 5.41) is 8.92. The van der Waals surface area contributed by atoms with Gasteiger partial charge in [0.15, 0.2) is 0 Å². The van der Waals surface area contributed by atoms with Gasteiger partial charge in [-0.1, -0.05) is 0 Å². The minimum atomic E-state index is -3.28. The Balaban J connectivity index is 2.13. The first-order valence-electron chi connectivity index (χ1n) is 5.59. The van der Waals surface area contributed by atoms with Crippen LogP contribution < -0.4 is 0 Å². The lowest BCUT2D eigenvalue weighted by atomic mass is 10.0. The zero-order chi connectivity index (χ0) is 12.0. The average molecular weight is 247 g/mol. The summed E-state index contributed by atoms with van der Waals surface area (Å²) in [4.78, 5) is 10.9. The Labute approximate surface area is 95.5 Å². The molecule has 0 radical (unpaired) electrons. The van der Waals surface area contributed by atoms with Crippen molar-refractivity contribution in [1.82, 2.24) is 4.31 Å². The number of aliphatic carboxylic acids is 1. The maximum Gasteiger partial charge on any atom is 0.307 e. The van der Waals surface area contributed by atoms with Gasteiger partial charge >= 0.3 is 5.97 Å². The van der Waals surface area contributed by atoms with Crippen LogP contribution in [0.2, 0.25) is 0 Å². The molecule has 0 bridgehead atoms. The molecule has 5 nitrogen and oxygen atoms in total. The summed E-state index contributed by atoms with van der Waals surface area (Å²) >= 11 is 0. The van der Waals surface area contributed by atoms with Crippen molar-refractivity contribution in [1.29, 1.82) is 0 Å². The van der Waals surface area contributed by atoms with E-state index in [-0.39, 0.29) is 6.54 Å². The van der Waals surface area contributed by atoms with E-state index in [9.17, 15) is 13.2 Å². The molecular formula is C10H17NO4S. The fourth-order valence-electron chi connectivity index (χ4n) is 2.11. The maximum absolute atomic E-state index is 12.2. The Morgan fingerprint density at radius 2 is 2.06 bits per heavy atom. The lowest BCUT2D eigenvalue weighted by molar-refractivity contribution is -0.142. The lowest BCUT2D eigenvalue weighted by Gasteiger charge is -2.32. The molecule has 1 aliphatic heterocycles. The third-order valence-corrected chi connectivity index (χ3v) is 6.32. The second-order valence-electron chi connectivity index (χ2n) is 4.99. The summed E-state index contributed by atoms with van der Waals surface area (Å²) in [6.45, 7) is 2.36. The van der Waals surface area contributed by atoms with Crippen LogP contribution in [0.5, 0.6) is 0 Å². The first-order valence-corrected chi connectivity index (χ1v) is 7.03.